The molecule has 1 aromatic heterocycles. The summed E-state index contributed by atoms with van der Waals surface area (Å²) >= 11 is 1.32. The van der Waals surface area contributed by atoms with Crippen LogP contribution in [-0.2, 0) is 14.3 Å². The Morgan fingerprint density at radius 3 is 2.28 bits per heavy atom. The standard InChI is InChI=1S/C23H20N2O6S/c1-2-30-23(29)17-6-3-4-7-18(17)25-20(26)14-31-22(28)15-9-11-16(12-10-15)24-21(27)19-8-5-13-32-19/h3-13H,2,14H2,1H3,(H,24,27)(H,25,26). The highest BCUT2D eigenvalue weighted by atomic mass is 32.1. The third kappa shape index (κ3) is 6.02. The van der Waals surface area contributed by atoms with E-state index in [-0.39, 0.29) is 29.3 Å². The second-order valence-electron chi connectivity index (χ2n) is 6.40. The number of hydrogen-bond acceptors (Lipinski definition) is 7. The summed E-state index contributed by atoms with van der Waals surface area (Å²) in [6.07, 6.45) is 0. The molecule has 1 heterocycles. The first-order valence-electron chi connectivity index (χ1n) is 9.66. The topological polar surface area (TPSA) is 111 Å². The number of anilines is 2. The van der Waals surface area contributed by atoms with Gasteiger partial charge >= 0.3 is 11.9 Å². The lowest BCUT2D eigenvalue weighted by atomic mass is 10.2. The highest BCUT2D eigenvalue weighted by Gasteiger charge is 2.16. The van der Waals surface area contributed by atoms with Crippen LogP contribution in [0.3, 0.4) is 0 Å². The molecule has 0 aliphatic carbocycles. The number of amides is 2. The van der Waals surface area contributed by atoms with Crippen LogP contribution in [-0.4, -0.2) is 37.0 Å². The summed E-state index contributed by atoms with van der Waals surface area (Å²) in [4.78, 5) is 49.0. The molecular weight excluding hydrogens is 432 g/mol. The molecular formula is C23H20N2O6S. The lowest BCUT2D eigenvalue weighted by Gasteiger charge is -2.11. The van der Waals surface area contributed by atoms with Gasteiger partial charge in [0.05, 0.1) is 28.3 Å². The van der Waals surface area contributed by atoms with Crippen molar-refractivity contribution in [2.24, 2.45) is 0 Å². The number of benzene rings is 2. The molecule has 9 heteroatoms. The highest BCUT2D eigenvalue weighted by molar-refractivity contribution is 7.12. The van der Waals surface area contributed by atoms with Crippen molar-refractivity contribution in [1.82, 2.24) is 0 Å². The van der Waals surface area contributed by atoms with E-state index in [0.717, 1.165) is 0 Å². The van der Waals surface area contributed by atoms with E-state index in [1.54, 1.807) is 54.8 Å². The Morgan fingerprint density at radius 1 is 0.844 bits per heavy atom. The summed E-state index contributed by atoms with van der Waals surface area (Å²) in [6, 6.07) is 16.0. The second-order valence-corrected chi connectivity index (χ2v) is 7.35. The minimum atomic E-state index is -0.699. The van der Waals surface area contributed by atoms with Crippen molar-refractivity contribution in [2.45, 2.75) is 6.92 Å². The summed E-state index contributed by atoms with van der Waals surface area (Å²) in [5.74, 6) is -2.10. The van der Waals surface area contributed by atoms with Crippen molar-refractivity contribution in [3.05, 3.63) is 82.0 Å². The van der Waals surface area contributed by atoms with Crippen LogP contribution in [0.2, 0.25) is 0 Å². The largest absolute Gasteiger partial charge is 0.462 e. The van der Waals surface area contributed by atoms with Gasteiger partial charge in [0.2, 0.25) is 0 Å². The van der Waals surface area contributed by atoms with Gasteiger partial charge in [-0.1, -0.05) is 18.2 Å². The maximum atomic E-state index is 12.2. The van der Waals surface area contributed by atoms with Crippen LogP contribution in [0, 0.1) is 0 Å². The van der Waals surface area contributed by atoms with E-state index in [0.29, 0.717) is 10.6 Å². The first kappa shape index (κ1) is 22.7. The molecule has 2 N–H and O–H groups in total. The van der Waals surface area contributed by atoms with Crippen LogP contribution < -0.4 is 10.6 Å². The molecule has 0 fully saturated rings. The Bertz CT molecular complexity index is 1110. The minimum Gasteiger partial charge on any atom is -0.462 e. The molecule has 8 nitrogen and oxygen atoms in total. The number of esters is 2. The molecule has 0 bridgehead atoms. The molecule has 0 radical (unpaired) electrons. The Kier molecular flexibility index (Phi) is 7.71. The van der Waals surface area contributed by atoms with E-state index < -0.39 is 24.5 Å². The second kappa shape index (κ2) is 10.9. The van der Waals surface area contributed by atoms with Gasteiger partial charge in [-0.2, -0.15) is 0 Å². The molecule has 2 amide bonds. The quantitative estimate of drug-likeness (QED) is 0.500. The first-order chi connectivity index (χ1) is 15.5. The van der Waals surface area contributed by atoms with Gasteiger partial charge in [0.25, 0.3) is 11.8 Å². The molecule has 0 saturated heterocycles. The third-order valence-corrected chi connectivity index (χ3v) is 5.02. The van der Waals surface area contributed by atoms with E-state index in [1.807, 2.05) is 0 Å². The van der Waals surface area contributed by atoms with Gasteiger partial charge < -0.3 is 20.1 Å². The molecule has 0 unspecified atom stereocenters. The van der Waals surface area contributed by atoms with E-state index in [1.165, 1.54) is 29.5 Å². The van der Waals surface area contributed by atoms with Crippen LogP contribution in [0.15, 0.2) is 66.0 Å². The zero-order valence-electron chi connectivity index (χ0n) is 17.1. The summed E-state index contributed by atoms with van der Waals surface area (Å²) in [5, 5.41) is 7.07. The fraction of sp³-hybridized carbons (Fsp3) is 0.130. The SMILES string of the molecule is CCOC(=O)c1ccccc1NC(=O)COC(=O)c1ccc(NC(=O)c2cccs2)cc1. The van der Waals surface area contributed by atoms with Gasteiger partial charge in [-0.25, -0.2) is 9.59 Å². The van der Waals surface area contributed by atoms with Gasteiger partial charge in [-0.3, -0.25) is 9.59 Å². The minimum absolute atomic E-state index is 0.203. The third-order valence-electron chi connectivity index (χ3n) is 4.15. The monoisotopic (exact) mass is 452 g/mol. The molecule has 0 aliphatic heterocycles. The molecule has 0 saturated carbocycles. The number of ether oxygens (including phenoxy) is 2. The van der Waals surface area contributed by atoms with Gasteiger partial charge in [0.1, 0.15) is 0 Å². The van der Waals surface area contributed by atoms with Crippen LogP contribution in [0.1, 0.15) is 37.3 Å². The van der Waals surface area contributed by atoms with Gasteiger partial charge in [-0.15, -0.1) is 11.3 Å². The molecule has 164 valence electrons. The van der Waals surface area contributed by atoms with Crippen LogP contribution >= 0.6 is 11.3 Å². The number of para-hydroxylation sites is 1. The number of rotatable bonds is 8. The van der Waals surface area contributed by atoms with Gasteiger partial charge in [0.15, 0.2) is 6.61 Å². The molecule has 2 aromatic carbocycles. The molecule has 32 heavy (non-hydrogen) atoms. The van der Waals surface area contributed by atoms with E-state index in [2.05, 4.69) is 10.6 Å². The lowest BCUT2D eigenvalue weighted by molar-refractivity contribution is -0.119. The maximum absolute atomic E-state index is 12.2. The lowest BCUT2D eigenvalue weighted by Crippen LogP contribution is -2.22. The molecule has 3 rings (SSSR count). The van der Waals surface area contributed by atoms with Crippen molar-refractivity contribution in [2.75, 3.05) is 23.8 Å². The van der Waals surface area contributed by atoms with E-state index >= 15 is 0 Å². The summed E-state index contributed by atoms with van der Waals surface area (Å²) in [6.45, 7) is 1.35. The number of carbonyl (C=O) groups is 4. The molecule has 3 aromatic rings. The molecule has 0 spiro atoms. The fourth-order valence-electron chi connectivity index (χ4n) is 2.67. The number of thiophene rings is 1. The van der Waals surface area contributed by atoms with Crippen molar-refractivity contribution in [1.29, 1.82) is 0 Å². The first-order valence-corrected chi connectivity index (χ1v) is 10.5. The van der Waals surface area contributed by atoms with E-state index in [4.69, 9.17) is 9.47 Å². The van der Waals surface area contributed by atoms with Gasteiger partial charge in [0, 0.05) is 5.69 Å². The van der Waals surface area contributed by atoms with Crippen LogP contribution in [0.25, 0.3) is 0 Å². The average Bonchev–Trinajstić information content (AvgIpc) is 3.34. The Labute approximate surface area is 188 Å². The summed E-state index contributed by atoms with van der Waals surface area (Å²) in [5.41, 5.74) is 1.21. The average molecular weight is 452 g/mol. The number of nitrogens with one attached hydrogen (secondary N) is 2. The summed E-state index contributed by atoms with van der Waals surface area (Å²) < 4.78 is 10.00. The van der Waals surface area contributed by atoms with Crippen LogP contribution in [0.5, 0.6) is 0 Å². The summed E-state index contributed by atoms with van der Waals surface area (Å²) in [7, 11) is 0. The van der Waals surface area contributed by atoms with Gasteiger partial charge in [-0.05, 0) is 54.8 Å². The molecule has 0 atom stereocenters. The number of hydrogen-bond donors (Lipinski definition) is 2. The fourth-order valence-corrected chi connectivity index (χ4v) is 3.29. The normalized spacial score (nSPS) is 10.2. The van der Waals surface area contributed by atoms with E-state index in [9.17, 15) is 19.2 Å². The zero-order chi connectivity index (χ0) is 22.9. The maximum Gasteiger partial charge on any atom is 0.340 e. The Balaban J connectivity index is 1.53. The van der Waals surface area contributed by atoms with Crippen molar-refractivity contribution in [3.63, 3.8) is 0 Å². The Hall–Kier alpha value is -3.98. The number of carbonyl (C=O) groups excluding carboxylic acids is 4. The Morgan fingerprint density at radius 2 is 1.59 bits per heavy atom. The highest BCUT2D eigenvalue weighted by Crippen LogP contribution is 2.17. The van der Waals surface area contributed by atoms with Crippen LogP contribution in [0.4, 0.5) is 11.4 Å². The van der Waals surface area contributed by atoms with Crippen molar-refractivity contribution in [3.8, 4) is 0 Å². The predicted octanol–water partition coefficient (Wildman–Crippen LogP) is 3.97. The molecule has 0 aliphatic rings. The predicted molar refractivity (Wildman–Crippen MR) is 120 cm³/mol. The van der Waals surface area contributed by atoms with Crippen molar-refractivity contribution < 1.29 is 28.7 Å². The smallest absolute Gasteiger partial charge is 0.340 e. The van der Waals surface area contributed by atoms with Crippen molar-refractivity contribution >= 4 is 46.5 Å². The zero-order valence-corrected chi connectivity index (χ0v) is 17.9.